The van der Waals surface area contributed by atoms with E-state index in [0.717, 1.165) is 24.1 Å². The Labute approximate surface area is 126 Å². The van der Waals surface area contributed by atoms with E-state index < -0.39 is 0 Å². The lowest BCUT2D eigenvalue weighted by Gasteiger charge is -2.13. The molecule has 2 nitrogen and oxygen atoms in total. The molecule has 2 aromatic carbocycles. The maximum absolute atomic E-state index is 12.5. The molecule has 2 aromatic rings. The van der Waals surface area contributed by atoms with Gasteiger partial charge in [-0.1, -0.05) is 56.3 Å². The van der Waals surface area contributed by atoms with Gasteiger partial charge in [0, 0.05) is 5.69 Å². The van der Waals surface area contributed by atoms with Crippen LogP contribution in [0.1, 0.15) is 48.8 Å². The van der Waals surface area contributed by atoms with Crippen molar-refractivity contribution in [2.75, 3.05) is 5.32 Å². The fourth-order valence-electron chi connectivity index (χ4n) is 2.96. The molecule has 1 N–H and O–H groups in total. The van der Waals surface area contributed by atoms with Gasteiger partial charge in [0.15, 0.2) is 0 Å². The minimum absolute atomic E-state index is 0.0545. The average molecular weight is 279 g/mol. The normalized spacial score (nSPS) is 18.0. The number of benzene rings is 2. The average Bonchev–Trinajstić information content (AvgIpc) is 2.65. The highest BCUT2D eigenvalue weighted by Gasteiger charge is 2.25. The maximum Gasteiger partial charge on any atom is 0.231 e. The van der Waals surface area contributed by atoms with Crippen LogP contribution >= 0.6 is 0 Å². The molecule has 21 heavy (non-hydrogen) atoms. The molecule has 1 heterocycles. The Morgan fingerprint density at radius 2 is 1.86 bits per heavy atom. The highest BCUT2D eigenvalue weighted by Crippen LogP contribution is 2.31. The van der Waals surface area contributed by atoms with E-state index >= 15 is 0 Å². The monoisotopic (exact) mass is 279 g/mol. The van der Waals surface area contributed by atoms with Crippen LogP contribution in [-0.4, -0.2) is 5.91 Å². The molecule has 3 rings (SSSR count). The molecule has 0 aromatic heterocycles. The van der Waals surface area contributed by atoms with Crippen LogP contribution in [-0.2, 0) is 11.2 Å². The van der Waals surface area contributed by atoms with Crippen LogP contribution in [0.4, 0.5) is 5.69 Å². The molecule has 0 radical (unpaired) electrons. The Bertz CT molecular complexity index is 646. The molecule has 108 valence electrons. The van der Waals surface area contributed by atoms with Crippen molar-refractivity contribution in [1.29, 1.82) is 0 Å². The van der Waals surface area contributed by atoms with Gasteiger partial charge in [0.2, 0.25) is 5.91 Å². The number of carbonyl (C=O) groups excluding carboxylic acids is 1. The van der Waals surface area contributed by atoms with Crippen LogP contribution in [0.15, 0.2) is 48.5 Å². The number of nitrogens with one attached hydrogen (secondary N) is 1. The highest BCUT2D eigenvalue weighted by atomic mass is 16.1. The molecular weight excluding hydrogens is 258 g/mol. The first-order chi connectivity index (χ1) is 10.1. The second-order valence-electron chi connectivity index (χ2n) is 6.06. The molecule has 2 heteroatoms. The molecule has 0 bridgehead atoms. The molecule has 0 fully saturated rings. The Kier molecular flexibility index (Phi) is 3.78. The topological polar surface area (TPSA) is 29.1 Å². The second-order valence-corrected chi connectivity index (χ2v) is 6.06. The van der Waals surface area contributed by atoms with E-state index in [0.29, 0.717) is 5.92 Å². The largest absolute Gasteiger partial charge is 0.325 e. The summed E-state index contributed by atoms with van der Waals surface area (Å²) in [6.45, 7) is 4.40. The van der Waals surface area contributed by atoms with Crippen LogP contribution in [0.2, 0.25) is 0 Å². The predicted octanol–water partition coefficient (Wildman–Crippen LogP) is 4.48. The second kappa shape index (κ2) is 5.72. The zero-order chi connectivity index (χ0) is 14.8. The maximum atomic E-state index is 12.5. The van der Waals surface area contributed by atoms with E-state index in [1.165, 1.54) is 11.1 Å². The van der Waals surface area contributed by atoms with Gasteiger partial charge in [0.05, 0.1) is 5.92 Å². The number of hydrogen-bond donors (Lipinski definition) is 1. The minimum atomic E-state index is -0.0545. The highest BCUT2D eigenvalue weighted by molar-refractivity contribution is 5.97. The Morgan fingerprint density at radius 1 is 1.10 bits per heavy atom. The number of fused-ring (bicyclic) bond motifs is 1. The van der Waals surface area contributed by atoms with Crippen LogP contribution in [0.3, 0.4) is 0 Å². The quantitative estimate of drug-likeness (QED) is 0.863. The summed E-state index contributed by atoms with van der Waals surface area (Å²) in [4.78, 5) is 12.5. The third kappa shape index (κ3) is 2.85. The van der Waals surface area contributed by atoms with Crippen molar-refractivity contribution in [3.63, 3.8) is 0 Å². The van der Waals surface area contributed by atoms with Crippen molar-refractivity contribution in [3.8, 4) is 0 Å². The Hall–Kier alpha value is -2.09. The van der Waals surface area contributed by atoms with E-state index in [1.807, 2.05) is 30.3 Å². The van der Waals surface area contributed by atoms with Gasteiger partial charge < -0.3 is 5.32 Å². The number of rotatable bonds is 2. The van der Waals surface area contributed by atoms with E-state index in [1.54, 1.807) is 0 Å². The zero-order valence-electron chi connectivity index (χ0n) is 12.6. The van der Waals surface area contributed by atoms with Gasteiger partial charge in [-0.15, -0.1) is 0 Å². The lowest BCUT2D eigenvalue weighted by atomic mass is 9.92. The molecule has 0 saturated carbocycles. The van der Waals surface area contributed by atoms with Crippen molar-refractivity contribution in [1.82, 2.24) is 0 Å². The fourth-order valence-corrected chi connectivity index (χ4v) is 2.96. The molecule has 1 atom stereocenters. The number of amides is 1. The molecule has 1 aliphatic heterocycles. The van der Waals surface area contributed by atoms with Crippen molar-refractivity contribution in [2.45, 2.75) is 38.5 Å². The predicted molar refractivity (Wildman–Crippen MR) is 86.7 cm³/mol. The number of hydrogen-bond acceptors (Lipinski definition) is 1. The van der Waals surface area contributed by atoms with Crippen LogP contribution in [0.25, 0.3) is 0 Å². The SMILES string of the molecule is CC(C)c1ccc2c(c1)CC[C@@H](c1ccccc1)C(=O)N2. The summed E-state index contributed by atoms with van der Waals surface area (Å²) in [6, 6.07) is 16.5. The van der Waals surface area contributed by atoms with E-state index in [2.05, 4.69) is 37.4 Å². The standard InChI is InChI=1S/C19H21NO/c1-13(2)15-9-11-18-16(12-15)8-10-17(19(21)20-18)14-6-4-3-5-7-14/h3-7,9,11-13,17H,8,10H2,1-2H3,(H,20,21)/t17-/m0/s1. The Morgan fingerprint density at radius 3 is 2.57 bits per heavy atom. The molecule has 0 saturated heterocycles. The number of aryl methyl sites for hydroxylation is 1. The van der Waals surface area contributed by atoms with Crippen LogP contribution in [0.5, 0.6) is 0 Å². The summed E-state index contributed by atoms with van der Waals surface area (Å²) >= 11 is 0. The van der Waals surface area contributed by atoms with Gasteiger partial charge in [0.1, 0.15) is 0 Å². The number of anilines is 1. The van der Waals surface area contributed by atoms with Gasteiger partial charge in [-0.3, -0.25) is 4.79 Å². The summed E-state index contributed by atoms with van der Waals surface area (Å²) in [5.41, 5.74) is 4.67. The van der Waals surface area contributed by atoms with Gasteiger partial charge in [-0.25, -0.2) is 0 Å². The third-order valence-electron chi connectivity index (χ3n) is 4.27. The van der Waals surface area contributed by atoms with Crippen LogP contribution < -0.4 is 5.32 Å². The fraction of sp³-hybridized carbons (Fsp3) is 0.316. The van der Waals surface area contributed by atoms with E-state index in [4.69, 9.17) is 0 Å². The van der Waals surface area contributed by atoms with Crippen molar-refractivity contribution in [2.24, 2.45) is 0 Å². The first-order valence-corrected chi connectivity index (χ1v) is 7.64. The van der Waals surface area contributed by atoms with E-state index in [-0.39, 0.29) is 11.8 Å². The first kappa shape index (κ1) is 13.9. The van der Waals surface area contributed by atoms with Gasteiger partial charge in [-0.2, -0.15) is 0 Å². The van der Waals surface area contributed by atoms with Gasteiger partial charge in [0.25, 0.3) is 0 Å². The summed E-state index contributed by atoms with van der Waals surface area (Å²) in [5.74, 6) is 0.567. The van der Waals surface area contributed by atoms with Crippen molar-refractivity contribution < 1.29 is 4.79 Å². The Balaban J connectivity index is 1.90. The molecule has 1 amide bonds. The number of carbonyl (C=O) groups is 1. The lowest BCUT2D eigenvalue weighted by molar-refractivity contribution is -0.117. The zero-order valence-corrected chi connectivity index (χ0v) is 12.6. The molecule has 1 aliphatic rings. The summed E-state index contributed by atoms with van der Waals surface area (Å²) in [5, 5.41) is 3.10. The molecule has 0 unspecified atom stereocenters. The lowest BCUT2D eigenvalue weighted by Crippen LogP contribution is -2.19. The first-order valence-electron chi connectivity index (χ1n) is 7.64. The van der Waals surface area contributed by atoms with Crippen molar-refractivity contribution >= 4 is 11.6 Å². The van der Waals surface area contributed by atoms with Crippen molar-refractivity contribution in [3.05, 3.63) is 65.2 Å². The van der Waals surface area contributed by atoms with Gasteiger partial charge >= 0.3 is 0 Å². The molecular formula is C19H21NO. The van der Waals surface area contributed by atoms with E-state index in [9.17, 15) is 4.79 Å². The van der Waals surface area contributed by atoms with Crippen LogP contribution in [0, 0.1) is 0 Å². The summed E-state index contributed by atoms with van der Waals surface area (Å²) < 4.78 is 0. The smallest absolute Gasteiger partial charge is 0.231 e. The van der Waals surface area contributed by atoms with Gasteiger partial charge in [-0.05, 0) is 41.5 Å². The third-order valence-corrected chi connectivity index (χ3v) is 4.27. The minimum Gasteiger partial charge on any atom is -0.325 e. The molecule has 0 spiro atoms. The molecule has 0 aliphatic carbocycles. The summed E-state index contributed by atoms with van der Waals surface area (Å²) in [7, 11) is 0. The summed E-state index contributed by atoms with van der Waals surface area (Å²) in [6.07, 6.45) is 1.80.